The fourth-order valence-electron chi connectivity index (χ4n) is 1.82. The molecular formula is C13H16ClN3O2. The van der Waals surface area contributed by atoms with Crippen LogP contribution >= 0.6 is 11.6 Å². The molecule has 1 aromatic carbocycles. The Morgan fingerprint density at radius 2 is 2.11 bits per heavy atom. The van der Waals surface area contributed by atoms with Crippen molar-refractivity contribution >= 4 is 23.4 Å². The van der Waals surface area contributed by atoms with Gasteiger partial charge in [-0.25, -0.2) is 0 Å². The minimum Gasteiger partial charge on any atom is -0.314 e. The molecule has 0 aromatic heterocycles. The number of amides is 2. The highest BCUT2D eigenvalue weighted by molar-refractivity contribution is 6.34. The molecular weight excluding hydrogens is 266 g/mol. The highest BCUT2D eigenvalue weighted by atomic mass is 35.5. The van der Waals surface area contributed by atoms with Gasteiger partial charge in [-0.3, -0.25) is 19.8 Å². The van der Waals surface area contributed by atoms with Crippen molar-refractivity contribution in [3.05, 3.63) is 34.9 Å². The van der Waals surface area contributed by atoms with Gasteiger partial charge in [0.05, 0.1) is 17.1 Å². The molecule has 0 bridgehead atoms. The predicted octanol–water partition coefficient (Wildman–Crippen LogP) is 0.500. The number of benzene rings is 1. The van der Waals surface area contributed by atoms with E-state index in [0.717, 1.165) is 13.1 Å². The maximum Gasteiger partial charge on any atom is 0.259 e. The quantitative estimate of drug-likeness (QED) is 0.844. The summed E-state index contributed by atoms with van der Waals surface area (Å²) in [6, 6.07) is 7.01. The zero-order chi connectivity index (χ0) is 13.8. The van der Waals surface area contributed by atoms with Crippen molar-refractivity contribution in [1.29, 1.82) is 0 Å². The van der Waals surface area contributed by atoms with Gasteiger partial charge in [0.15, 0.2) is 0 Å². The largest absolute Gasteiger partial charge is 0.314 e. The Morgan fingerprint density at radius 1 is 1.42 bits per heavy atom. The number of hydrogen-bond acceptors (Lipinski definition) is 4. The fraction of sp³-hybridized carbons (Fsp3) is 0.385. The van der Waals surface area contributed by atoms with Crippen LogP contribution in [0, 0.1) is 0 Å². The molecule has 6 heteroatoms. The third-order valence-electron chi connectivity index (χ3n) is 3.15. The summed E-state index contributed by atoms with van der Waals surface area (Å²) < 4.78 is 0. The van der Waals surface area contributed by atoms with Gasteiger partial charge in [-0.05, 0) is 19.2 Å². The lowest BCUT2D eigenvalue weighted by atomic mass is 10.1. The first-order chi connectivity index (χ1) is 9.08. The molecule has 0 atom stereocenters. The van der Waals surface area contributed by atoms with E-state index in [1.807, 2.05) is 11.9 Å². The molecule has 102 valence electrons. The Hall–Kier alpha value is -1.43. The maximum atomic E-state index is 11.9. The number of hydrogen-bond donors (Lipinski definition) is 2. The standard InChI is InChI=1S/C13H16ClN3O2/c1-17(9-6-15-7-9)8-12(18)16-13(19)10-4-2-3-5-11(10)14/h2-5,9,15H,6-8H2,1H3,(H,16,18,19). The van der Waals surface area contributed by atoms with Gasteiger partial charge in [0.2, 0.25) is 5.91 Å². The Kier molecular flexibility index (Phi) is 4.52. The van der Waals surface area contributed by atoms with Crippen LogP contribution in [0.3, 0.4) is 0 Å². The van der Waals surface area contributed by atoms with Crippen molar-refractivity contribution < 1.29 is 9.59 Å². The number of carbonyl (C=O) groups excluding carboxylic acids is 2. The average molecular weight is 282 g/mol. The highest BCUT2D eigenvalue weighted by Gasteiger charge is 2.23. The lowest BCUT2D eigenvalue weighted by molar-refractivity contribution is -0.121. The van der Waals surface area contributed by atoms with E-state index in [9.17, 15) is 9.59 Å². The third kappa shape index (κ3) is 3.53. The fourth-order valence-corrected chi connectivity index (χ4v) is 2.04. The summed E-state index contributed by atoms with van der Waals surface area (Å²) in [5.41, 5.74) is 0.311. The van der Waals surface area contributed by atoms with Crippen LogP contribution < -0.4 is 10.6 Å². The number of nitrogens with zero attached hydrogens (tertiary/aromatic N) is 1. The molecule has 0 unspecified atom stereocenters. The average Bonchev–Trinajstić information content (AvgIpc) is 2.26. The first kappa shape index (κ1) is 14.0. The first-order valence-electron chi connectivity index (χ1n) is 6.07. The minimum absolute atomic E-state index is 0.197. The highest BCUT2D eigenvalue weighted by Crippen LogP contribution is 2.14. The Bertz CT molecular complexity index is 489. The van der Waals surface area contributed by atoms with Crippen molar-refractivity contribution in [1.82, 2.24) is 15.5 Å². The summed E-state index contributed by atoms with van der Waals surface area (Å²) in [6.45, 7) is 1.95. The van der Waals surface area contributed by atoms with E-state index < -0.39 is 5.91 Å². The normalized spacial score (nSPS) is 15.1. The molecule has 0 aliphatic carbocycles. The number of carbonyl (C=O) groups is 2. The van der Waals surface area contributed by atoms with Crippen LogP contribution in [0.5, 0.6) is 0 Å². The Balaban J connectivity index is 1.88. The summed E-state index contributed by atoms with van der Waals surface area (Å²) in [6.07, 6.45) is 0. The van der Waals surface area contributed by atoms with Crippen LogP contribution in [-0.4, -0.2) is 49.4 Å². The second-order valence-corrected chi connectivity index (χ2v) is 4.99. The second-order valence-electron chi connectivity index (χ2n) is 4.58. The molecule has 0 radical (unpaired) electrons. The molecule has 0 spiro atoms. The van der Waals surface area contributed by atoms with Gasteiger partial charge in [-0.15, -0.1) is 0 Å². The van der Waals surface area contributed by atoms with Crippen molar-refractivity contribution in [2.75, 3.05) is 26.7 Å². The molecule has 5 nitrogen and oxygen atoms in total. The molecule has 2 rings (SSSR count). The molecule has 1 fully saturated rings. The second kappa shape index (κ2) is 6.14. The first-order valence-corrected chi connectivity index (χ1v) is 6.45. The van der Waals surface area contributed by atoms with E-state index in [4.69, 9.17) is 11.6 Å². The zero-order valence-corrected chi connectivity index (χ0v) is 11.4. The summed E-state index contributed by atoms with van der Waals surface area (Å²) in [4.78, 5) is 25.5. The molecule has 1 heterocycles. The van der Waals surface area contributed by atoms with Crippen molar-refractivity contribution in [3.63, 3.8) is 0 Å². The predicted molar refractivity (Wildman–Crippen MR) is 73.2 cm³/mol. The molecule has 0 saturated carbocycles. The zero-order valence-electron chi connectivity index (χ0n) is 10.6. The summed E-state index contributed by atoms with van der Waals surface area (Å²) >= 11 is 5.90. The van der Waals surface area contributed by atoms with Crippen LogP contribution in [-0.2, 0) is 4.79 Å². The summed E-state index contributed by atoms with van der Waals surface area (Å²) in [5.74, 6) is -0.782. The Labute approximate surface area is 116 Å². The third-order valence-corrected chi connectivity index (χ3v) is 3.48. The van der Waals surface area contributed by atoms with E-state index >= 15 is 0 Å². The van der Waals surface area contributed by atoms with Gasteiger partial charge < -0.3 is 5.32 Å². The maximum absolute atomic E-state index is 11.9. The van der Waals surface area contributed by atoms with Gasteiger partial charge in [0, 0.05) is 19.1 Å². The minimum atomic E-state index is -0.462. The lowest BCUT2D eigenvalue weighted by Crippen LogP contribution is -2.57. The molecule has 2 amide bonds. The molecule has 1 aliphatic rings. The van der Waals surface area contributed by atoms with Crippen molar-refractivity contribution in [2.24, 2.45) is 0 Å². The van der Waals surface area contributed by atoms with Gasteiger partial charge >= 0.3 is 0 Å². The monoisotopic (exact) mass is 281 g/mol. The smallest absolute Gasteiger partial charge is 0.259 e. The molecule has 1 aromatic rings. The van der Waals surface area contributed by atoms with E-state index in [-0.39, 0.29) is 12.5 Å². The van der Waals surface area contributed by atoms with Crippen molar-refractivity contribution in [3.8, 4) is 0 Å². The molecule has 19 heavy (non-hydrogen) atoms. The molecule has 1 saturated heterocycles. The molecule has 2 N–H and O–H groups in total. The summed E-state index contributed by atoms with van der Waals surface area (Å²) in [7, 11) is 1.87. The number of halogens is 1. The van der Waals surface area contributed by atoms with Gasteiger partial charge in [-0.2, -0.15) is 0 Å². The van der Waals surface area contributed by atoms with Crippen LogP contribution in [0.15, 0.2) is 24.3 Å². The topological polar surface area (TPSA) is 61.4 Å². The van der Waals surface area contributed by atoms with Crippen molar-refractivity contribution in [2.45, 2.75) is 6.04 Å². The van der Waals surface area contributed by atoms with Crippen LogP contribution in [0.4, 0.5) is 0 Å². The molecule has 1 aliphatic heterocycles. The lowest BCUT2D eigenvalue weighted by Gasteiger charge is -2.35. The number of imide groups is 1. The van der Waals surface area contributed by atoms with Gasteiger partial charge in [0.1, 0.15) is 0 Å². The number of rotatable bonds is 4. The van der Waals surface area contributed by atoms with E-state index in [2.05, 4.69) is 10.6 Å². The van der Waals surface area contributed by atoms with Gasteiger partial charge in [-0.1, -0.05) is 23.7 Å². The van der Waals surface area contributed by atoms with Crippen LogP contribution in [0.25, 0.3) is 0 Å². The van der Waals surface area contributed by atoms with Crippen LogP contribution in [0.1, 0.15) is 10.4 Å². The van der Waals surface area contributed by atoms with E-state index in [1.165, 1.54) is 0 Å². The van der Waals surface area contributed by atoms with E-state index in [1.54, 1.807) is 24.3 Å². The van der Waals surface area contributed by atoms with Gasteiger partial charge in [0.25, 0.3) is 5.91 Å². The van der Waals surface area contributed by atoms with E-state index in [0.29, 0.717) is 16.6 Å². The Morgan fingerprint density at radius 3 is 2.68 bits per heavy atom. The SMILES string of the molecule is CN(CC(=O)NC(=O)c1ccccc1Cl)C1CNC1. The van der Waals surface area contributed by atoms with Crippen LogP contribution in [0.2, 0.25) is 5.02 Å². The number of likely N-dealkylation sites (N-methyl/N-ethyl adjacent to an activating group) is 1. The summed E-state index contributed by atoms with van der Waals surface area (Å²) in [5, 5.41) is 5.82. The number of nitrogens with one attached hydrogen (secondary N) is 2.